The van der Waals surface area contributed by atoms with Gasteiger partial charge in [-0.1, -0.05) is 6.92 Å². The van der Waals surface area contributed by atoms with Gasteiger partial charge >= 0.3 is 6.18 Å². The van der Waals surface area contributed by atoms with E-state index in [4.69, 9.17) is 11.0 Å². The molecule has 0 bridgehead atoms. The van der Waals surface area contributed by atoms with Crippen molar-refractivity contribution in [1.82, 2.24) is 4.31 Å². The Morgan fingerprint density at radius 2 is 2.04 bits per heavy atom. The molecule has 1 amide bonds. The number of carbonyl (C=O) groups excluding carboxylic acids is 1. The molecule has 1 aliphatic rings. The molecule has 1 aliphatic heterocycles. The highest BCUT2D eigenvalue weighted by Crippen LogP contribution is 2.35. The first-order valence-electron chi connectivity index (χ1n) is 8.16. The minimum atomic E-state index is -4.74. The van der Waals surface area contributed by atoms with Crippen LogP contribution in [0.3, 0.4) is 0 Å². The molecule has 0 saturated carbocycles. The maximum absolute atomic E-state index is 13.2. The number of amides is 1. The second kappa shape index (κ2) is 7.74. The number of halogens is 3. The zero-order chi connectivity index (χ0) is 20.4. The van der Waals surface area contributed by atoms with Gasteiger partial charge in [0.15, 0.2) is 0 Å². The third-order valence-corrected chi connectivity index (χ3v) is 6.33. The number of benzene rings is 1. The first-order valence-corrected chi connectivity index (χ1v) is 9.77. The van der Waals surface area contributed by atoms with Crippen molar-refractivity contribution in [2.24, 2.45) is 5.73 Å². The van der Waals surface area contributed by atoms with E-state index < -0.39 is 39.3 Å². The zero-order valence-electron chi connectivity index (χ0n) is 14.5. The Bertz CT molecular complexity index is 865. The lowest BCUT2D eigenvalue weighted by molar-refractivity contribution is -0.137. The molecule has 2 N–H and O–H groups in total. The van der Waals surface area contributed by atoms with Crippen LogP contribution in [0.15, 0.2) is 18.2 Å². The highest BCUT2D eigenvalue weighted by Gasteiger charge is 2.38. The number of hydrogen-bond donors (Lipinski definition) is 1. The van der Waals surface area contributed by atoms with Gasteiger partial charge < -0.3 is 10.6 Å². The highest BCUT2D eigenvalue weighted by molar-refractivity contribution is 7.89. The molecule has 0 spiro atoms. The van der Waals surface area contributed by atoms with E-state index in [0.717, 1.165) is 16.4 Å². The normalized spacial score (nSPS) is 18.9. The molecule has 2 rings (SSSR count). The highest BCUT2D eigenvalue weighted by atomic mass is 32.2. The molecule has 1 aromatic rings. The van der Waals surface area contributed by atoms with E-state index in [0.29, 0.717) is 6.42 Å². The molecule has 1 fully saturated rings. The van der Waals surface area contributed by atoms with Crippen molar-refractivity contribution in [3.8, 4) is 6.07 Å². The van der Waals surface area contributed by atoms with Gasteiger partial charge in [-0.05, 0) is 24.6 Å². The number of nitrogens with two attached hydrogens (primary N) is 1. The summed E-state index contributed by atoms with van der Waals surface area (Å²) in [5.41, 5.74) is 3.78. The minimum Gasteiger partial charge on any atom is -0.368 e. The molecule has 0 aliphatic carbocycles. The van der Waals surface area contributed by atoms with E-state index in [1.165, 1.54) is 17.0 Å². The van der Waals surface area contributed by atoms with Crippen LogP contribution in [-0.4, -0.2) is 50.1 Å². The van der Waals surface area contributed by atoms with Gasteiger partial charge in [-0.25, -0.2) is 8.42 Å². The second-order valence-electron chi connectivity index (χ2n) is 6.13. The van der Waals surface area contributed by atoms with Crippen LogP contribution < -0.4 is 10.6 Å². The summed E-state index contributed by atoms with van der Waals surface area (Å²) >= 11 is 0. The molecule has 1 saturated heterocycles. The molecule has 1 unspecified atom stereocenters. The largest absolute Gasteiger partial charge is 0.417 e. The first-order chi connectivity index (χ1) is 12.5. The van der Waals surface area contributed by atoms with Crippen LogP contribution in [0, 0.1) is 11.3 Å². The van der Waals surface area contributed by atoms with Gasteiger partial charge in [0.2, 0.25) is 15.9 Å². The molecule has 1 atom stereocenters. The fourth-order valence-corrected chi connectivity index (χ4v) is 4.50. The van der Waals surface area contributed by atoms with Gasteiger partial charge in [0, 0.05) is 25.3 Å². The number of carbonyl (C=O) groups is 1. The van der Waals surface area contributed by atoms with Crippen molar-refractivity contribution in [3.63, 3.8) is 0 Å². The summed E-state index contributed by atoms with van der Waals surface area (Å²) in [6, 6.07) is 3.48. The summed E-state index contributed by atoms with van der Waals surface area (Å²) in [6.45, 7) is 1.49. The fourth-order valence-electron chi connectivity index (χ4n) is 2.99. The molecule has 148 valence electrons. The lowest BCUT2D eigenvalue weighted by Gasteiger charge is -2.40. The van der Waals surface area contributed by atoms with E-state index in [-0.39, 0.29) is 31.1 Å². The van der Waals surface area contributed by atoms with Gasteiger partial charge in [-0.2, -0.15) is 22.7 Å². The lowest BCUT2D eigenvalue weighted by atomic mass is 10.0. The van der Waals surface area contributed by atoms with E-state index in [2.05, 4.69) is 0 Å². The van der Waals surface area contributed by atoms with Crippen LogP contribution >= 0.6 is 0 Å². The Morgan fingerprint density at radius 1 is 1.37 bits per heavy atom. The summed E-state index contributed by atoms with van der Waals surface area (Å²) in [4.78, 5) is 13.2. The number of primary amides is 1. The van der Waals surface area contributed by atoms with Crippen molar-refractivity contribution in [2.75, 3.05) is 30.3 Å². The summed E-state index contributed by atoms with van der Waals surface area (Å²) in [7, 11) is -3.57. The number of piperazine rings is 1. The molecule has 0 aromatic heterocycles. The number of hydrogen-bond acceptors (Lipinski definition) is 5. The maximum atomic E-state index is 13.2. The molecule has 1 heterocycles. The Balaban J connectivity index is 2.39. The standard InChI is InChI=1S/C16H19F3N4O3S/c1-2-7-27(25,26)22-5-6-23(14(10-22)15(21)24)12-4-3-11(9-20)13(8-12)16(17,18)19/h3-4,8,14H,2,5-7,10H2,1H3,(H2,21,24). The maximum Gasteiger partial charge on any atom is 0.417 e. The lowest BCUT2D eigenvalue weighted by Crippen LogP contribution is -2.59. The molecule has 1 aromatic carbocycles. The SMILES string of the molecule is CCCS(=O)(=O)N1CCN(c2ccc(C#N)c(C(F)(F)F)c2)C(C(N)=O)C1. The number of rotatable bonds is 5. The van der Waals surface area contributed by atoms with Crippen LogP contribution in [0.1, 0.15) is 24.5 Å². The quantitative estimate of drug-likeness (QED) is 0.796. The van der Waals surface area contributed by atoms with Gasteiger partial charge in [-0.3, -0.25) is 4.79 Å². The van der Waals surface area contributed by atoms with Crippen LogP contribution in [0.2, 0.25) is 0 Å². The van der Waals surface area contributed by atoms with E-state index in [1.54, 1.807) is 6.92 Å². The molecular formula is C16H19F3N4O3S. The van der Waals surface area contributed by atoms with Gasteiger partial charge in [0.25, 0.3) is 0 Å². The smallest absolute Gasteiger partial charge is 0.368 e. The predicted molar refractivity (Wildman–Crippen MR) is 92.1 cm³/mol. The van der Waals surface area contributed by atoms with Gasteiger partial charge in [0.05, 0.1) is 22.9 Å². The van der Waals surface area contributed by atoms with Gasteiger partial charge in [-0.15, -0.1) is 0 Å². The Labute approximate surface area is 155 Å². The minimum absolute atomic E-state index is 0.000250. The van der Waals surface area contributed by atoms with E-state index in [9.17, 15) is 26.4 Å². The van der Waals surface area contributed by atoms with Crippen molar-refractivity contribution >= 4 is 21.6 Å². The monoisotopic (exact) mass is 404 g/mol. The van der Waals surface area contributed by atoms with Crippen molar-refractivity contribution < 1.29 is 26.4 Å². The number of anilines is 1. The average Bonchev–Trinajstić information content (AvgIpc) is 2.59. The Morgan fingerprint density at radius 3 is 2.56 bits per heavy atom. The number of alkyl halides is 3. The predicted octanol–water partition coefficient (Wildman–Crippen LogP) is 1.29. The molecule has 27 heavy (non-hydrogen) atoms. The third-order valence-electron chi connectivity index (χ3n) is 4.29. The van der Waals surface area contributed by atoms with Crippen LogP contribution in [0.4, 0.5) is 18.9 Å². The average molecular weight is 404 g/mol. The van der Waals surface area contributed by atoms with Crippen molar-refractivity contribution in [3.05, 3.63) is 29.3 Å². The van der Waals surface area contributed by atoms with Crippen molar-refractivity contribution in [1.29, 1.82) is 5.26 Å². The van der Waals surface area contributed by atoms with Crippen molar-refractivity contribution in [2.45, 2.75) is 25.6 Å². The number of nitrogens with zero attached hydrogens (tertiary/aromatic N) is 3. The molecule has 7 nitrogen and oxygen atoms in total. The summed E-state index contributed by atoms with van der Waals surface area (Å²) in [6.07, 6.45) is -4.34. The van der Waals surface area contributed by atoms with E-state index in [1.807, 2.05) is 0 Å². The summed E-state index contributed by atoms with van der Waals surface area (Å²) in [5.74, 6) is -0.933. The van der Waals surface area contributed by atoms with Crippen LogP contribution in [-0.2, 0) is 21.0 Å². The van der Waals surface area contributed by atoms with E-state index >= 15 is 0 Å². The third kappa shape index (κ3) is 4.51. The zero-order valence-corrected chi connectivity index (χ0v) is 15.3. The van der Waals surface area contributed by atoms with Crippen LogP contribution in [0.25, 0.3) is 0 Å². The molecule has 11 heteroatoms. The summed E-state index contributed by atoms with van der Waals surface area (Å²) in [5, 5.41) is 8.89. The fraction of sp³-hybridized carbons (Fsp3) is 0.500. The Kier molecular flexibility index (Phi) is 6.01. The van der Waals surface area contributed by atoms with Crippen LogP contribution in [0.5, 0.6) is 0 Å². The topological polar surface area (TPSA) is 108 Å². The second-order valence-corrected chi connectivity index (χ2v) is 8.21. The molecular weight excluding hydrogens is 385 g/mol. The Hall–Kier alpha value is -2.32. The first kappa shape index (κ1) is 21.0. The number of nitriles is 1. The summed E-state index contributed by atoms with van der Waals surface area (Å²) < 4.78 is 65.2. The van der Waals surface area contributed by atoms with Gasteiger partial charge in [0.1, 0.15) is 6.04 Å². The number of sulfonamides is 1. The molecule has 0 radical (unpaired) electrons.